The average molecular weight is 1200 g/mol. The van der Waals surface area contributed by atoms with Crippen LogP contribution in [0.4, 0.5) is 56.8 Å². The highest BCUT2D eigenvalue weighted by Crippen LogP contribution is 2.39. The first-order valence-electron chi connectivity index (χ1n) is 24.7. The van der Waals surface area contributed by atoms with Gasteiger partial charge >= 0.3 is 12.4 Å². The van der Waals surface area contributed by atoms with Crippen LogP contribution in [0.25, 0.3) is 20.4 Å². The Morgan fingerprint density at radius 1 is 0.488 bits per heavy atom. The van der Waals surface area contributed by atoms with Crippen LogP contribution in [-0.2, 0) is 63.3 Å². The zero-order chi connectivity index (χ0) is 60.0. The van der Waals surface area contributed by atoms with Crippen molar-refractivity contribution in [2.45, 2.75) is 25.2 Å². The van der Waals surface area contributed by atoms with Gasteiger partial charge in [-0.25, -0.2) is 18.7 Å². The Bertz CT molecular complexity index is 3580. The van der Waals surface area contributed by atoms with E-state index >= 15 is 0 Å². The maximum atomic E-state index is 14.7. The van der Waals surface area contributed by atoms with E-state index in [9.17, 15) is 64.8 Å². The number of benzene rings is 6. The first-order valence-corrected chi connectivity index (χ1v) is 26.3. The lowest BCUT2D eigenvalue weighted by molar-refractivity contribution is -0.138. The van der Waals surface area contributed by atoms with Gasteiger partial charge in [0.15, 0.2) is 10.3 Å². The average Bonchev–Trinajstić information content (AvgIpc) is 2.81. The lowest BCUT2D eigenvalue weighted by Crippen LogP contribution is -2.20. The van der Waals surface area contributed by atoms with Gasteiger partial charge < -0.3 is 39.1 Å². The van der Waals surface area contributed by atoms with Gasteiger partial charge in [-0.15, -0.1) is 0 Å². The number of ether oxygens (including phenoxy) is 6. The third-order valence-electron chi connectivity index (χ3n) is 11.5. The summed E-state index contributed by atoms with van der Waals surface area (Å²) in [5.41, 5.74) is -1.56. The third-order valence-corrected chi connectivity index (χ3v) is 13.5. The number of carbonyl (C=O) groups is 4. The Morgan fingerprint density at radius 3 is 1.26 bits per heavy atom. The Labute approximate surface area is 478 Å². The van der Waals surface area contributed by atoms with Crippen LogP contribution in [0.15, 0.2) is 109 Å². The molecule has 18 nitrogen and oxygen atoms in total. The molecule has 84 heavy (non-hydrogen) atoms. The number of alkyl halides is 6. The number of thiazole rings is 2. The molecule has 2 aromatic heterocycles. The van der Waals surface area contributed by atoms with Crippen LogP contribution in [0.1, 0.15) is 33.4 Å². The number of anilines is 4. The van der Waals surface area contributed by atoms with Crippen LogP contribution in [0.2, 0.25) is 0 Å². The zero-order valence-electron chi connectivity index (χ0n) is 43.2. The number of nitriles is 2. The Balaban J connectivity index is 0.697. The van der Waals surface area contributed by atoms with E-state index in [4.69, 9.17) is 28.4 Å². The first kappa shape index (κ1) is 60.9. The van der Waals surface area contributed by atoms with Gasteiger partial charge in [-0.3, -0.25) is 29.8 Å². The van der Waals surface area contributed by atoms with Crippen molar-refractivity contribution in [1.82, 2.24) is 9.97 Å². The van der Waals surface area contributed by atoms with Crippen molar-refractivity contribution in [3.63, 3.8) is 0 Å². The highest BCUT2D eigenvalue weighted by atomic mass is 32.1. The van der Waals surface area contributed by atoms with Crippen molar-refractivity contribution in [2.24, 2.45) is 0 Å². The van der Waals surface area contributed by atoms with Gasteiger partial charge in [-0.2, -0.15) is 36.9 Å². The zero-order valence-corrected chi connectivity index (χ0v) is 44.8. The van der Waals surface area contributed by atoms with Crippen LogP contribution < -0.4 is 30.7 Å². The summed E-state index contributed by atoms with van der Waals surface area (Å²) in [5.74, 6) is -4.20. The number of halogens is 8. The summed E-state index contributed by atoms with van der Waals surface area (Å²) < 4.78 is 142. The second kappa shape index (κ2) is 27.7. The van der Waals surface area contributed by atoms with E-state index in [0.717, 1.165) is 83.3 Å². The van der Waals surface area contributed by atoms with Crippen molar-refractivity contribution in [3.8, 4) is 35.1 Å². The third kappa shape index (κ3) is 16.7. The number of nitrogens with one attached hydrogen (secondary N) is 4. The van der Waals surface area contributed by atoms with Crippen molar-refractivity contribution in [1.29, 1.82) is 10.5 Å². The summed E-state index contributed by atoms with van der Waals surface area (Å²) in [6.45, 7) is -0.0118. The summed E-state index contributed by atoms with van der Waals surface area (Å²) in [4.78, 5) is 59.3. The molecule has 0 radical (unpaired) electrons. The van der Waals surface area contributed by atoms with Gasteiger partial charge in [-0.05, 0) is 71.8 Å². The van der Waals surface area contributed by atoms with E-state index in [-0.39, 0.29) is 120 Å². The molecule has 8 aromatic rings. The van der Waals surface area contributed by atoms with Crippen molar-refractivity contribution in [2.75, 3.05) is 74.1 Å². The van der Waals surface area contributed by atoms with E-state index in [0.29, 0.717) is 20.4 Å². The first-order chi connectivity index (χ1) is 40.2. The minimum absolute atomic E-state index is 0.0227. The van der Waals surface area contributed by atoms with Crippen molar-refractivity contribution >= 4 is 88.4 Å². The lowest BCUT2D eigenvalue weighted by Gasteiger charge is -2.12. The number of fused-ring (bicyclic) bond motifs is 2. The highest BCUT2D eigenvalue weighted by molar-refractivity contribution is 7.23. The molecule has 4 amide bonds. The van der Waals surface area contributed by atoms with E-state index in [1.54, 1.807) is 0 Å². The second-order valence-electron chi connectivity index (χ2n) is 17.6. The minimum atomic E-state index is -4.61. The molecule has 0 fully saturated rings. The van der Waals surface area contributed by atoms with Crippen LogP contribution in [0.5, 0.6) is 23.0 Å². The van der Waals surface area contributed by atoms with Gasteiger partial charge in [-0.1, -0.05) is 59.1 Å². The molecule has 0 aliphatic carbocycles. The SMILES string of the molecule is N#Cc1c(Oc2ccc(F)c(NC(=O)Cc3cccc(C(F)(F)F)c3)c2)ccc2nc(NC(=O)COCCOCCOCCOCC(=O)Nc3nc4ccc(Oc5ccc(F)c(NC(=O)Cc6cccc(C(F)(F)F)c6)c5)c(C#N)c4s3)sc12. The summed E-state index contributed by atoms with van der Waals surface area (Å²) in [6, 6.07) is 25.2. The fourth-order valence-electron chi connectivity index (χ4n) is 7.69. The second-order valence-corrected chi connectivity index (χ2v) is 19.6. The molecule has 0 spiro atoms. The highest BCUT2D eigenvalue weighted by Gasteiger charge is 2.32. The smallest absolute Gasteiger partial charge is 0.416 e. The fraction of sp³-hybridized carbons (Fsp3) is 0.214. The molecular weight excluding hydrogens is 1160 g/mol. The predicted molar refractivity (Wildman–Crippen MR) is 290 cm³/mol. The van der Waals surface area contributed by atoms with Crippen LogP contribution in [-0.4, -0.2) is 86.5 Å². The number of amides is 4. The summed E-state index contributed by atoms with van der Waals surface area (Å²) in [7, 11) is 0. The monoisotopic (exact) mass is 1200 g/mol. The summed E-state index contributed by atoms with van der Waals surface area (Å²) in [6.07, 6.45) is -10.2. The maximum absolute atomic E-state index is 14.7. The van der Waals surface area contributed by atoms with Crippen LogP contribution in [0, 0.1) is 34.3 Å². The van der Waals surface area contributed by atoms with Gasteiger partial charge in [0, 0.05) is 12.1 Å². The number of hydrogen-bond donors (Lipinski definition) is 4. The van der Waals surface area contributed by atoms with Crippen LogP contribution in [0.3, 0.4) is 0 Å². The molecule has 4 N–H and O–H groups in total. The number of rotatable bonds is 25. The molecule has 28 heteroatoms. The normalized spacial score (nSPS) is 11.5. The van der Waals surface area contributed by atoms with E-state index in [2.05, 4.69) is 31.2 Å². The molecule has 0 aliphatic rings. The molecule has 8 rings (SSSR count). The molecule has 0 bridgehead atoms. The molecule has 0 aliphatic heterocycles. The largest absolute Gasteiger partial charge is 0.456 e. The topological polar surface area (TPSA) is 245 Å². The Morgan fingerprint density at radius 2 is 0.881 bits per heavy atom. The van der Waals surface area contributed by atoms with Gasteiger partial charge in [0.05, 0.1) is 95.4 Å². The van der Waals surface area contributed by atoms with Crippen molar-refractivity contribution in [3.05, 3.63) is 154 Å². The molecular formula is C56H42F8N8O10S2. The molecule has 0 saturated carbocycles. The lowest BCUT2D eigenvalue weighted by atomic mass is 10.1. The number of nitrogens with zero attached hydrogens (tertiary/aromatic N) is 4. The molecule has 0 saturated heterocycles. The number of carbonyl (C=O) groups excluding carboxylic acids is 4. The fourth-order valence-corrected chi connectivity index (χ4v) is 9.63. The van der Waals surface area contributed by atoms with Gasteiger partial charge in [0.25, 0.3) is 11.8 Å². The summed E-state index contributed by atoms with van der Waals surface area (Å²) in [5, 5.41) is 30.3. The Kier molecular flexibility index (Phi) is 20.1. The number of hydrogen-bond acceptors (Lipinski definition) is 16. The quantitative estimate of drug-likeness (QED) is 0.0307. The maximum Gasteiger partial charge on any atom is 0.416 e. The minimum Gasteiger partial charge on any atom is -0.456 e. The number of aromatic nitrogens is 2. The van der Waals surface area contributed by atoms with Gasteiger partial charge in [0.1, 0.15) is 71.1 Å². The standard InChI is InChI=1S/C56H42F8N8O10S2/c57-39-9-7-35(25-43(39)67-47(73)23-31-3-1-5-33(21-31)55(59,60)61)81-45-13-11-41-51(37(45)27-65)83-53(69-41)71-49(75)29-79-19-17-77-15-16-78-18-20-80-30-50(76)72-54-70-42-12-14-46(38(28-66)52(42)84-54)82-36-8-10-40(58)44(26-36)68-48(74)24-32-4-2-6-34(22-32)56(62,63)64/h1-14,21-22,25-26H,15-20,23-24,29-30H2,(H,67,73)(H,68,74)(H,69,71,75)(H,70,72,76). The summed E-state index contributed by atoms with van der Waals surface area (Å²) >= 11 is 1.97. The van der Waals surface area contributed by atoms with Gasteiger partial charge in [0.2, 0.25) is 11.8 Å². The molecule has 6 aromatic carbocycles. The predicted octanol–water partition coefficient (Wildman–Crippen LogP) is 11.6. The van der Waals surface area contributed by atoms with E-state index in [1.165, 1.54) is 48.5 Å². The Hall–Kier alpha value is -9.16. The van der Waals surface area contributed by atoms with Crippen LogP contribution >= 0.6 is 22.7 Å². The van der Waals surface area contributed by atoms with E-state index in [1.807, 2.05) is 12.1 Å². The van der Waals surface area contributed by atoms with E-state index < -0.39 is 71.6 Å². The molecule has 2 heterocycles. The molecule has 0 unspecified atom stereocenters. The van der Waals surface area contributed by atoms with Crippen molar-refractivity contribution < 1.29 is 82.7 Å². The molecule has 0 atom stereocenters. The molecule has 434 valence electrons.